The average Bonchev–Trinajstić information content (AvgIpc) is 3.18. The predicted octanol–water partition coefficient (Wildman–Crippen LogP) is 3.13. The number of carboxylic acids is 1. The molecule has 35 heavy (non-hydrogen) atoms. The lowest BCUT2D eigenvalue weighted by molar-refractivity contribution is -0.140. The Kier molecular flexibility index (Phi) is 6.86. The summed E-state index contributed by atoms with van der Waals surface area (Å²) in [5.74, 6) is -3.40. The minimum atomic E-state index is -1.49. The van der Waals surface area contributed by atoms with E-state index in [2.05, 4.69) is 10.3 Å². The van der Waals surface area contributed by atoms with E-state index in [9.17, 15) is 23.6 Å². The third-order valence-electron chi connectivity index (χ3n) is 6.18. The zero-order valence-electron chi connectivity index (χ0n) is 19.0. The molecule has 0 bridgehead atoms. The number of pyridine rings is 1. The summed E-state index contributed by atoms with van der Waals surface area (Å²) in [6, 6.07) is 12.7. The largest absolute Gasteiger partial charge is 0.481 e. The van der Waals surface area contributed by atoms with Gasteiger partial charge in [-0.05, 0) is 41.3 Å². The van der Waals surface area contributed by atoms with Crippen LogP contribution in [0.5, 0.6) is 0 Å². The molecule has 0 spiro atoms. The maximum absolute atomic E-state index is 13.3. The minimum absolute atomic E-state index is 0.193. The van der Waals surface area contributed by atoms with Crippen LogP contribution in [0.2, 0.25) is 0 Å². The van der Waals surface area contributed by atoms with Gasteiger partial charge >= 0.3 is 5.97 Å². The van der Waals surface area contributed by atoms with E-state index >= 15 is 0 Å². The van der Waals surface area contributed by atoms with Crippen LogP contribution < -0.4 is 5.32 Å². The molecule has 3 aromatic rings. The molecule has 1 aliphatic rings. The number of halogens is 1. The molecule has 2 atom stereocenters. The van der Waals surface area contributed by atoms with Crippen LogP contribution >= 0.6 is 0 Å². The number of Topliss-reactive ketones (excluding diaryl/α,β-unsaturated/α-hetero) is 1. The molecule has 0 aliphatic carbocycles. The number of ketones is 1. The van der Waals surface area contributed by atoms with Crippen LogP contribution in [0.4, 0.5) is 4.39 Å². The van der Waals surface area contributed by atoms with Crippen LogP contribution in [0.1, 0.15) is 35.7 Å². The first kappa shape index (κ1) is 24.0. The molecule has 2 unspecified atom stereocenters. The predicted molar refractivity (Wildman–Crippen MR) is 126 cm³/mol. The number of benzene rings is 2. The van der Waals surface area contributed by atoms with E-state index in [-0.39, 0.29) is 18.9 Å². The number of nitrogens with zero attached hydrogens (tertiary/aromatic N) is 2. The summed E-state index contributed by atoms with van der Waals surface area (Å²) in [6.45, 7) is 0.506. The number of hydrogen-bond acceptors (Lipinski definition) is 5. The quantitative estimate of drug-likeness (QED) is 0.489. The van der Waals surface area contributed by atoms with Crippen molar-refractivity contribution in [2.24, 2.45) is 0 Å². The number of aromatic nitrogens is 1. The zero-order chi connectivity index (χ0) is 25.1. The number of amides is 2. The number of carboxylic acid groups (broad SMARTS) is 1. The highest BCUT2D eigenvalue weighted by Crippen LogP contribution is 2.33. The fourth-order valence-electron chi connectivity index (χ4n) is 4.42. The Balaban J connectivity index is 1.59. The number of fused-ring (bicyclic) bond motifs is 2. The van der Waals surface area contributed by atoms with E-state index in [0.29, 0.717) is 5.56 Å². The number of carbonyl (C=O) groups excluding carboxylic acids is 3. The van der Waals surface area contributed by atoms with E-state index in [1.165, 1.54) is 4.90 Å². The summed E-state index contributed by atoms with van der Waals surface area (Å²) in [5.41, 5.74) is 3.82. The molecular formula is C26H24FN3O5. The first-order chi connectivity index (χ1) is 16.8. The van der Waals surface area contributed by atoms with E-state index in [0.717, 1.165) is 27.6 Å². The monoisotopic (exact) mass is 477 g/mol. The Hall–Kier alpha value is -4.14. The van der Waals surface area contributed by atoms with E-state index < -0.39 is 42.8 Å². The van der Waals surface area contributed by atoms with Gasteiger partial charge in [-0.3, -0.25) is 24.2 Å². The zero-order valence-corrected chi connectivity index (χ0v) is 19.0. The number of hydrogen-bond donors (Lipinski definition) is 2. The van der Waals surface area contributed by atoms with Gasteiger partial charge in [0.2, 0.25) is 5.91 Å². The highest BCUT2D eigenvalue weighted by molar-refractivity contribution is 6.04. The summed E-state index contributed by atoms with van der Waals surface area (Å²) in [5, 5.41) is 12.3. The maximum atomic E-state index is 13.3. The number of aliphatic carboxylic acids is 1. The highest BCUT2D eigenvalue weighted by Gasteiger charge is 2.37. The molecule has 0 radical (unpaired) electrons. The number of carbonyl (C=O) groups is 4. The molecule has 0 saturated carbocycles. The van der Waals surface area contributed by atoms with Crippen LogP contribution in [0.25, 0.3) is 22.0 Å². The van der Waals surface area contributed by atoms with Crippen LogP contribution in [0.3, 0.4) is 0 Å². The van der Waals surface area contributed by atoms with Gasteiger partial charge < -0.3 is 15.3 Å². The lowest BCUT2D eigenvalue weighted by Gasteiger charge is -2.27. The second-order valence-corrected chi connectivity index (χ2v) is 8.36. The topological polar surface area (TPSA) is 117 Å². The smallest absolute Gasteiger partial charge is 0.305 e. The number of alkyl halides is 1. The second-order valence-electron chi connectivity index (χ2n) is 8.36. The Morgan fingerprint density at radius 1 is 1.14 bits per heavy atom. The van der Waals surface area contributed by atoms with Crippen LogP contribution in [0.15, 0.2) is 54.7 Å². The van der Waals surface area contributed by atoms with Gasteiger partial charge in [-0.2, -0.15) is 0 Å². The van der Waals surface area contributed by atoms with Gasteiger partial charge in [-0.25, -0.2) is 4.39 Å². The van der Waals surface area contributed by atoms with E-state index in [1.54, 1.807) is 19.2 Å². The van der Waals surface area contributed by atoms with Gasteiger partial charge in [0, 0.05) is 23.7 Å². The lowest BCUT2D eigenvalue weighted by atomic mass is 9.98. The molecule has 0 fully saturated rings. The van der Waals surface area contributed by atoms with Crippen molar-refractivity contribution in [2.45, 2.75) is 38.4 Å². The molecular weight excluding hydrogens is 453 g/mol. The summed E-state index contributed by atoms with van der Waals surface area (Å²) in [7, 11) is 0. The van der Waals surface area contributed by atoms with Gasteiger partial charge in [0.15, 0.2) is 5.78 Å². The summed E-state index contributed by atoms with van der Waals surface area (Å²) in [4.78, 5) is 54.8. The molecule has 0 saturated heterocycles. The number of nitrogens with one attached hydrogen (secondary N) is 1. The van der Waals surface area contributed by atoms with E-state index in [1.807, 2.05) is 42.5 Å². The van der Waals surface area contributed by atoms with Crippen molar-refractivity contribution in [1.29, 1.82) is 0 Å². The lowest BCUT2D eigenvalue weighted by Crippen LogP contribution is -2.52. The summed E-state index contributed by atoms with van der Waals surface area (Å²) >= 11 is 0. The highest BCUT2D eigenvalue weighted by atomic mass is 19.1. The molecule has 1 aromatic heterocycles. The van der Waals surface area contributed by atoms with Crippen LogP contribution in [0, 0.1) is 0 Å². The first-order valence-corrected chi connectivity index (χ1v) is 11.2. The van der Waals surface area contributed by atoms with Crippen molar-refractivity contribution >= 4 is 34.5 Å². The third-order valence-corrected chi connectivity index (χ3v) is 6.18. The first-order valence-electron chi connectivity index (χ1n) is 11.2. The van der Waals surface area contributed by atoms with Crippen molar-refractivity contribution in [3.8, 4) is 11.1 Å². The van der Waals surface area contributed by atoms with Crippen molar-refractivity contribution < 1.29 is 28.7 Å². The molecule has 180 valence electrons. The molecule has 1 aliphatic heterocycles. The molecule has 2 amide bonds. The van der Waals surface area contributed by atoms with Gasteiger partial charge in [0.1, 0.15) is 18.8 Å². The standard InChI is InChI=1S/C26H24FN3O5/c1-2-22(25(34)29-21(12-24(32)33)23(31)13-27)30-14-16-8-7-15(11-19(16)26(30)35)17-9-10-28-20-6-4-3-5-18(17)20/h3-11,21-22H,2,12-14H2,1H3,(H,29,34)(H,32,33). The van der Waals surface area contributed by atoms with Crippen molar-refractivity contribution in [2.75, 3.05) is 6.67 Å². The van der Waals surface area contributed by atoms with Crippen molar-refractivity contribution in [3.63, 3.8) is 0 Å². The Morgan fingerprint density at radius 3 is 2.63 bits per heavy atom. The second kappa shape index (κ2) is 10.0. The molecule has 2 heterocycles. The normalized spacial score (nSPS) is 14.5. The fourth-order valence-corrected chi connectivity index (χ4v) is 4.42. The average molecular weight is 477 g/mol. The summed E-state index contributed by atoms with van der Waals surface area (Å²) in [6.07, 6.45) is 1.21. The third kappa shape index (κ3) is 4.75. The van der Waals surface area contributed by atoms with Gasteiger partial charge in [-0.15, -0.1) is 0 Å². The Labute approximate surface area is 200 Å². The summed E-state index contributed by atoms with van der Waals surface area (Å²) < 4.78 is 12.9. The van der Waals surface area contributed by atoms with Crippen molar-refractivity contribution in [1.82, 2.24) is 15.2 Å². The van der Waals surface area contributed by atoms with Crippen LogP contribution in [-0.2, 0) is 20.9 Å². The SMILES string of the molecule is CCC(C(=O)NC(CC(=O)O)C(=O)CF)N1Cc2ccc(-c3ccnc4ccccc34)cc2C1=O. The van der Waals surface area contributed by atoms with Gasteiger partial charge in [0.05, 0.1) is 11.9 Å². The molecule has 4 rings (SSSR count). The van der Waals surface area contributed by atoms with Gasteiger partial charge in [-0.1, -0.05) is 37.3 Å². The number of rotatable bonds is 9. The molecule has 9 heteroatoms. The van der Waals surface area contributed by atoms with Crippen LogP contribution in [-0.4, -0.2) is 57.3 Å². The molecule has 8 nitrogen and oxygen atoms in total. The molecule has 2 aromatic carbocycles. The Morgan fingerprint density at radius 2 is 1.91 bits per heavy atom. The van der Waals surface area contributed by atoms with Gasteiger partial charge in [0.25, 0.3) is 5.91 Å². The van der Waals surface area contributed by atoms with E-state index in [4.69, 9.17) is 5.11 Å². The Bertz CT molecular complexity index is 1320. The fraction of sp³-hybridized carbons (Fsp3) is 0.269. The number of para-hydroxylation sites is 1. The molecule has 2 N–H and O–H groups in total. The van der Waals surface area contributed by atoms with Crippen molar-refractivity contribution in [3.05, 3.63) is 65.9 Å². The minimum Gasteiger partial charge on any atom is -0.481 e. The maximum Gasteiger partial charge on any atom is 0.305 e.